The third-order valence-electron chi connectivity index (χ3n) is 5.99. The molecule has 0 aromatic heterocycles. The molecule has 0 radical (unpaired) electrons. The van der Waals surface area contributed by atoms with Crippen molar-refractivity contribution in [2.45, 2.75) is 98.3 Å². The van der Waals surface area contributed by atoms with Gasteiger partial charge < -0.3 is 10.2 Å². The zero-order chi connectivity index (χ0) is 18.5. The highest BCUT2D eigenvalue weighted by molar-refractivity contribution is 5.46. The van der Waals surface area contributed by atoms with Crippen LogP contribution in [0.25, 0.3) is 0 Å². The van der Waals surface area contributed by atoms with Gasteiger partial charge in [0.15, 0.2) is 0 Å². The summed E-state index contributed by atoms with van der Waals surface area (Å²) in [7, 11) is 0. The van der Waals surface area contributed by atoms with Crippen molar-refractivity contribution in [1.29, 1.82) is 0 Å². The fraction of sp³-hybridized carbons (Fsp3) is 0.739. The molecule has 0 aliphatic heterocycles. The van der Waals surface area contributed by atoms with E-state index in [4.69, 9.17) is 0 Å². The molecule has 0 heterocycles. The maximum Gasteiger partial charge on any atom is 0.122 e. The summed E-state index contributed by atoms with van der Waals surface area (Å²) in [5.74, 6) is 0.719. The Labute approximate surface area is 154 Å². The first kappa shape index (κ1) is 20.1. The number of benzene rings is 1. The van der Waals surface area contributed by atoms with Crippen LogP contribution < -0.4 is 0 Å². The second-order valence-electron chi connectivity index (χ2n) is 9.44. The van der Waals surface area contributed by atoms with E-state index in [1.165, 1.54) is 38.5 Å². The van der Waals surface area contributed by atoms with Crippen LogP contribution in [0.2, 0.25) is 0 Å². The van der Waals surface area contributed by atoms with E-state index in [9.17, 15) is 10.2 Å². The molecule has 2 N–H and O–H groups in total. The summed E-state index contributed by atoms with van der Waals surface area (Å²) in [6, 6.07) is 3.49. The van der Waals surface area contributed by atoms with Crippen LogP contribution in [-0.2, 0) is 12.8 Å². The van der Waals surface area contributed by atoms with Crippen LogP contribution >= 0.6 is 0 Å². The number of hydrogen-bond acceptors (Lipinski definition) is 2. The van der Waals surface area contributed by atoms with Crippen LogP contribution in [0.1, 0.15) is 96.6 Å². The van der Waals surface area contributed by atoms with Crippen molar-refractivity contribution in [3.8, 4) is 11.5 Å². The van der Waals surface area contributed by atoms with Crippen molar-refractivity contribution in [2.75, 3.05) is 0 Å². The predicted molar refractivity (Wildman–Crippen MR) is 106 cm³/mol. The summed E-state index contributed by atoms with van der Waals surface area (Å²) in [5.41, 5.74) is 2.85. The molecule has 0 amide bonds. The summed E-state index contributed by atoms with van der Waals surface area (Å²) >= 11 is 0. The van der Waals surface area contributed by atoms with Crippen LogP contribution in [0.15, 0.2) is 12.1 Å². The largest absolute Gasteiger partial charge is 0.508 e. The average molecular weight is 347 g/mol. The van der Waals surface area contributed by atoms with Crippen LogP contribution in [0, 0.1) is 10.8 Å². The zero-order valence-electron chi connectivity index (χ0n) is 16.8. The lowest BCUT2D eigenvalue weighted by Gasteiger charge is -2.18. The number of phenolic OH excluding ortho intramolecular Hbond substituents is 2. The lowest BCUT2D eigenvalue weighted by Crippen LogP contribution is -2.04. The second kappa shape index (κ2) is 8.47. The number of phenols is 2. The third kappa shape index (κ3) is 6.56. The Bertz CT molecular complexity index is 550. The number of unbranched alkanes of at least 4 members (excludes halogenated alkanes) is 2. The molecule has 0 bridgehead atoms. The quantitative estimate of drug-likeness (QED) is 0.363. The van der Waals surface area contributed by atoms with Crippen molar-refractivity contribution in [3.05, 3.63) is 23.3 Å². The molecule has 25 heavy (non-hydrogen) atoms. The highest BCUT2D eigenvalue weighted by atomic mass is 16.3. The van der Waals surface area contributed by atoms with Gasteiger partial charge >= 0.3 is 0 Å². The van der Waals surface area contributed by atoms with Crippen molar-refractivity contribution < 1.29 is 10.2 Å². The van der Waals surface area contributed by atoms with Gasteiger partial charge in [0.25, 0.3) is 0 Å². The van der Waals surface area contributed by atoms with Crippen LogP contribution in [0.5, 0.6) is 11.5 Å². The Balaban J connectivity index is 1.83. The van der Waals surface area contributed by atoms with Gasteiger partial charge in [-0.3, -0.25) is 0 Å². The zero-order valence-corrected chi connectivity index (χ0v) is 16.8. The number of aryl methyl sites for hydroxylation is 2. The van der Waals surface area contributed by atoms with Gasteiger partial charge in [0.05, 0.1) is 0 Å². The first-order valence-corrected chi connectivity index (χ1v) is 10.3. The summed E-state index contributed by atoms with van der Waals surface area (Å²) in [4.78, 5) is 0. The van der Waals surface area contributed by atoms with E-state index in [0.717, 1.165) is 43.2 Å². The maximum absolute atomic E-state index is 10.6. The van der Waals surface area contributed by atoms with Gasteiger partial charge in [-0.2, -0.15) is 0 Å². The second-order valence-corrected chi connectivity index (χ2v) is 9.44. The van der Waals surface area contributed by atoms with Gasteiger partial charge in [0.2, 0.25) is 0 Å². The fourth-order valence-electron chi connectivity index (χ4n) is 3.87. The maximum atomic E-state index is 10.6. The minimum absolute atomic E-state index is 0.297. The molecule has 1 aliphatic rings. The molecular weight excluding hydrogens is 308 g/mol. The molecule has 142 valence electrons. The van der Waals surface area contributed by atoms with Crippen molar-refractivity contribution >= 4 is 0 Å². The first-order valence-electron chi connectivity index (χ1n) is 10.3. The third-order valence-corrected chi connectivity index (χ3v) is 5.99. The molecule has 0 spiro atoms. The number of rotatable bonds is 10. The number of hydrogen-bond donors (Lipinski definition) is 2. The topological polar surface area (TPSA) is 40.5 Å². The predicted octanol–water partition coefficient (Wildman–Crippen LogP) is 6.76. The van der Waals surface area contributed by atoms with Crippen molar-refractivity contribution in [1.82, 2.24) is 0 Å². The highest BCUT2D eigenvalue weighted by Gasteiger charge is 2.39. The Morgan fingerprint density at radius 1 is 0.920 bits per heavy atom. The van der Waals surface area contributed by atoms with Gasteiger partial charge in [-0.05, 0) is 85.5 Å². The summed E-state index contributed by atoms with van der Waals surface area (Å²) in [6.45, 7) is 9.10. The molecule has 0 unspecified atom stereocenters. The van der Waals surface area contributed by atoms with Gasteiger partial charge in [-0.25, -0.2) is 0 Å². The molecule has 1 aromatic rings. The normalized spacial score (nSPS) is 16.2. The molecular formula is C23H38O2. The first-order chi connectivity index (χ1) is 11.7. The monoisotopic (exact) mass is 346 g/mol. The van der Waals surface area contributed by atoms with E-state index >= 15 is 0 Å². The lowest BCUT2D eigenvalue weighted by atomic mass is 9.89. The van der Waals surface area contributed by atoms with E-state index < -0.39 is 0 Å². The Kier molecular flexibility index (Phi) is 6.82. The molecule has 1 aliphatic carbocycles. The molecule has 2 nitrogen and oxygen atoms in total. The molecule has 1 fully saturated rings. The van der Waals surface area contributed by atoms with E-state index in [1.54, 1.807) is 12.1 Å². The highest BCUT2D eigenvalue weighted by Crippen LogP contribution is 2.52. The van der Waals surface area contributed by atoms with Crippen LogP contribution in [0.3, 0.4) is 0 Å². The minimum Gasteiger partial charge on any atom is -0.508 e. The average Bonchev–Trinajstić information content (AvgIpc) is 3.31. The molecule has 0 saturated heterocycles. The van der Waals surface area contributed by atoms with Gasteiger partial charge in [0, 0.05) is 0 Å². The van der Waals surface area contributed by atoms with Gasteiger partial charge in [0.1, 0.15) is 11.5 Å². The van der Waals surface area contributed by atoms with Gasteiger partial charge in [-0.15, -0.1) is 0 Å². The van der Waals surface area contributed by atoms with E-state index in [-0.39, 0.29) is 0 Å². The summed E-state index contributed by atoms with van der Waals surface area (Å²) in [5, 5.41) is 20.6. The molecule has 1 saturated carbocycles. The Morgan fingerprint density at radius 2 is 1.48 bits per heavy atom. The Morgan fingerprint density at radius 3 is 1.96 bits per heavy atom. The van der Waals surface area contributed by atoms with Crippen LogP contribution in [0.4, 0.5) is 0 Å². The standard InChI is InChI=1S/C23H38O2/c1-5-23(14-15-23)13-9-7-11-19-17-20(24)16-18(21(19)25)10-6-8-12-22(2,3)4/h16-17,24-25H,5-15H2,1-4H3. The number of aromatic hydroxyl groups is 2. The summed E-state index contributed by atoms with van der Waals surface area (Å²) < 4.78 is 0. The van der Waals surface area contributed by atoms with E-state index in [2.05, 4.69) is 27.7 Å². The SMILES string of the molecule is CCC1(CCCCc2cc(O)cc(CCCCC(C)(C)C)c2O)CC1. The van der Waals surface area contributed by atoms with Crippen LogP contribution in [-0.4, -0.2) is 10.2 Å². The van der Waals surface area contributed by atoms with Crippen molar-refractivity contribution in [2.24, 2.45) is 10.8 Å². The summed E-state index contributed by atoms with van der Waals surface area (Å²) in [6.07, 6.45) is 12.9. The molecule has 0 atom stereocenters. The molecule has 1 aromatic carbocycles. The minimum atomic E-state index is 0.297. The molecule has 2 heteroatoms. The van der Waals surface area contributed by atoms with Crippen molar-refractivity contribution in [3.63, 3.8) is 0 Å². The fourth-order valence-corrected chi connectivity index (χ4v) is 3.87. The van der Waals surface area contributed by atoms with E-state index in [0.29, 0.717) is 22.3 Å². The Hall–Kier alpha value is -1.18. The smallest absolute Gasteiger partial charge is 0.122 e. The van der Waals surface area contributed by atoms with E-state index in [1.807, 2.05) is 0 Å². The van der Waals surface area contributed by atoms with Gasteiger partial charge in [-0.1, -0.05) is 47.0 Å². The lowest BCUT2D eigenvalue weighted by molar-refractivity contribution is 0.359. The molecule has 2 rings (SSSR count).